The van der Waals surface area contributed by atoms with Crippen molar-refractivity contribution in [1.82, 2.24) is 108 Å². The van der Waals surface area contributed by atoms with Gasteiger partial charge in [-0.15, -0.1) is 0 Å². The standard InChI is InChI=1S/C37H41Cl2N9O.C33H37Cl2FN8O2.C27H29Cl3N8O2/c1-23-19-24(2)48(44-23)37(49)46(4)21-25-5-7-26(8-6-25)22-47-34(32-13-16-40-36(42-32)41-29-10-11-29)33(28-9-12-30(38)31(39)20-28)43-35(47)27-14-17-45(3)18-15-27;1-42-14-10-21(11-15-42)31-41-28(22-5-8-25(34)26(35)20-22)29(27-9-13-38-33(40-27)39-23-6-7-23)44(31)17-19-46-18-16-43(2)32(45)24-4-3-12-37-30(24)36;1-37-10-7-16(8-11-37)25-35-23(17-2-5-19(28)20(29)14-17)24(21-6-9-31-27(33-21)32-18-3-4-18)38(25)12-13-39-15-22-34-26(30)40-36-22/h5-9,12-13,16,19-20,27,29H,10-11,14-15,17-18,21-22H2,1-4H3,(H,40,41,42);3-5,8-9,12-13,20-21,23H,6-7,10-11,14-19H2,1-2H3,(H,38,39,40);2,5-6,9,14,16,18H,3-4,7-8,10-13,15H2,1H3,(H,31,32,33). The van der Waals surface area contributed by atoms with Gasteiger partial charge in [0.25, 0.3) is 5.91 Å². The van der Waals surface area contributed by atoms with Crippen LogP contribution in [0.5, 0.6) is 0 Å². The Balaban J connectivity index is 0.000000141. The van der Waals surface area contributed by atoms with E-state index in [1.54, 1.807) is 49.6 Å². The summed E-state index contributed by atoms with van der Waals surface area (Å²) in [7, 11) is 9.90. The zero-order chi connectivity index (χ0) is 94.1. The molecular weight excluding hydrogens is 1860 g/mol. The molecule has 38 heteroatoms. The first kappa shape index (κ1) is 96.1. The van der Waals surface area contributed by atoms with Gasteiger partial charge < -0.3 is 68.1 Å². The average Bonchev–Trinajstić information content (AvgIpc) is 1.62. The van der Waals surface area contributed by atoms with Crippen LogP contribution in [0.15, 0.2) is 145 Å². The molecule has 706 valence electrons. The number of ether oxygens (including phenoxy) is 2. The van der Waals surface area contributed by atoms with Crippen LogP contribution in [-0.4, -0.2) is 239 Å². The first-order valence-corrected chi connectivity index (χ1v) is 48.4. The number of benzene rings is 4. The van der Waals surface area contributed by atoms with Gasteiger partial charge in [0.15, 0.2) is 5.82 Å². The second-order valence-corrected chi connectivity index (χ2v) is 38.3. The predicted octanol–water partition coefficient (Wildman–Crippen LogP) is 19.6. The molecule has 2 amide bonds. The van der Waals surface area contributed by atoms with Gasteiger partial charge in [0.05, 0.1) is 112 Å². The molecular formula is C97H107Cl7FN25O5. The van der Waals surface area contributed by atoms with E-state index in [9.17, 15) is 14.0 Å². The largest absolute Gasteiger partial charge is 0.378 e. The lowest BCUT2D eigenvalue weighted by atomic mass is 9.96. The molecule has 0 spiro atoms. The van der Waals surface area contributed by atoms with Gasteiger partial charge in [0, 0.05) is 130 Å². The predicted molar refractivity (Wildman–Crippen MR) is 525 cm³/mol. The second kappa shape index (κ2) is 43.8. The highest BCUT2D eigenvalue weighted by Crippen LogP contribution is 2.45. The number of likely N-dealkylation sites (tertiary alicyclic amines) is 3. The van der Waals surface area contributed by atoms with Crippen molar-refractivity contribution in [2.75, 3.05) is 117 Å². The molecule has 9 aromatic heterocycles. The molecule has 3 aliphatic heterocycles. The number of nitrogens with one attached hydrogen (secondary N) is 3. The summed E-state index contributed by atoms with van der Waals surface area (Å²) in [5, 5.41) is 21.3. The SMILES string of the molecule is CN1CCC(c2nc(-c3ccc(Cl)c(Cl)c3)c(-c3ccnc(NC4CC4)n3)n2CCOCCN(C)C(=O)c2cccnc2F)CC1.CN1CCC(c2nc(-c3ccc(Cl)c(Cl)c3)c(-c3ccnc(NC4CC4)n3)n2CCOCc2noc(Cl)n2)CC1.Cc1cc(C)n(C(=O)N(C)Cc2ccc(Cn3c(C4CCN(C)CC4)nc(-c4ccc(Cl)c(Cl)c4)c3-c3ccnc(NC4CC4)n3)cc2)n1. The normalized spacial score (nSPS) is 15.8. The number of aromatic nitrogens is 17. The highest BCUT2D eigenvalue weighted by Gasteiger charge is 2.36. The highest BCUT2D eigenvalue weighted by atomic mass is 35.5. The number of aryl methyl sites for hydroxylation is 2. The van der Waals surface area contributed by atoms with Crippen LogP contribution in [0.3, 0.4) is 0 Å². The third-order valence-electron chi connectivity index (χ3n) is 25.0. The number of hydrogen-bond acceptors (Lipinski definition) is 24. The molecule has 6 fully saturated rings. The molecule has 13 aromatic rings. The van der Waals surface area contributed by atoms with Crippen molar-refractivity contribution < 1.29 is 28.0 Å². The van der Waals surface area contributed by atoms with Gasteiger partial charge in [0.1, 0.15) is 24.1 Å². The second-order valence-electron chi connectivity index (χ2n) is 35.6. The molecule has 6 aliphatic rings. The zero-order valence-electron chi connectivity index (χ0n) is 76.2. The van der Waals surface area contributed by atoms with E-state index in [0.29, 0.717) is 118 Å². The minimum absolute atomic E-state index is 0.00862. The summed E-state index contributed by atoms with van der Waals surface area (Å²) in [6.45, 7) is 13.4. The number of nitrogens with zero attached hydrogens (tertiary/aromatic N) is 22. The van der Waals surface area contributed by atoms with E-state index < -0.39 is 11.9 Å². The molecule has 30 nitrogen and oxygen atoms in total. The van der Waals surface area contributed by atoms with Crippen molar-refractivity contribution in [1.29, 1.82) is 0 Å². The molecule has 3 saturated carbocycles. The van der Waals surface area contributed by atoms with Gasteiger partial charge in [-0.05, 0) is 247 Å². The lowest BCUT2D eigenvalue weighted by Crippen LogP contribution is -2.32. The minimum Gasteiger partial charge on any atom is -0.378 e. The lowest BCUT2D eigenvalue weighted by molar-refractivity contribution is 0.0678. The minimum atomic E-state index is -0.785. The van der Waals surface area contributed by atoms with E-state index in [0.717, 1.165) is 224 Å². The maximum atomic E-state index is 14.1. The van der Waals surface area contributed by atoms with Crippen molar-refractivity contribution in [3.05, 3.63) is 233 Å². The van der Waals surface area contributed by atoms with E-state index in [-0.39, 0.29) is 47.9 Å². The topological polar surface area (TPSA) is 305 Å². The Hall–Kier alpha value is -10.7. The summed E-state index contributed by atoms with van der Waals surface area (Å²) in [6.07, 6.45) is 19.4. The number of imidazole rings is 3. The third kappa shape index (κ3) is 24.1. The molecule has 3 N–H and O–H groups in total. The number of anilines is 3. The molecule has 12 heterocycles. The first-order chi connectivity index (χ1) is 65.3. The van der Waals surface area contributed by atoms with Crippen LogP contribution in [-0.2, 0) is 42.3 Å². The van der Waals surface area contributed by atoms with Crippen LogP contribution in [0, 0.1) is 19.8 Å². The Morgan fingerprint density at radius 3 is 1.29 bits per heavy atom. The smallest absolute Gasteiger partial charge is 0.344 e. The molecule has 135 heavy (non-hydrogen) atoms. The van der Waals surface area contributed by atoms with Crippen LogP contribution in [0.2, 0.25) is 35.5 Å². The number of hydrogen-bond donors (Lipinski definition) is 3. The summed E-state index contributed by atoms with van der Waals surface area (Å²) in [4.78, 5) is 87.9. The number of halogens is 8. The lowest BCUT2D eigenvalue weighted by Gasteiger charge is -2.29. The maximum Gasteiger partial charge on any atom is 0.344 e. The molecule has 0 unspecified atom stereocenters. The fourth-order valence-corrected chi connectivity index (χ4v) is 18.2. The third-order valence-corrected chi connectivity index (χ3v) is 27.4. The van der Waals surface area contributed by atoms with Crippen molar-refractivity contribution >= 4 is 111 Å². The quantitative estimate of drug-likeness (QED) is 0.0268. The molecule has 19 rings (SSSR count). The summed E-state index contributed by atoms with van der Waals surface area (Å²) < 4.78 is 39.1. The van der Waals surface area contributed by atoms with Crippen molar-refractivity contribution in [3.63, 3.8) is 0 Å². The van der Waals surface area contributed by atoms with Crippen molar-refractivity contribution in [2.45, 2.75) is 160 Å². The first-order valence-electron chi connectivity index (χ1n) is 45.7. The number of piperidine rings is 3. The number of amides is 2. The van der Waals surface area contributed by atoms with Gasteiger partial charge >= 0.3 is 11.4 Å². The fraction of sp³-hybridized carbons (Fsp3) is 0.412. The van der Waals surface area contributed by atoms with E-state index in [2.05, 4.69) is 125 Å². The molecule has 0 bridgehead atoms. The Kier molecular flexibility index (Phi) is 31.2. The molecule has 3 saturated heterocycles. The zero-order valence-corrected chi connectivity index (χ0v) is 81.5. The number of carbonyl (C=O) groups is 2. The number of likely N-dealkylation sites (N-methyl/N-ethyl adjacent to an activating group) is 1. The highest BCUT2D eigenvalue weighted by molar-refractivity contribution is 6.43. The average molecular weight is 1970 g/mol. The van der Waals surface area contributed by atoms with E-state index >= 15 is 0 Å². The van der Waals surface area contributed by atoms with Gasteiger partial charge in [0.2, 0.25) is 23.8 Å². The van der Waals surface area contributed by atoms with Crippen molar-refractivity contribution in [3.8, 4) is 67.9 Å². The fourth-order valence-electron chi connectivity index (χ4n) is 17.2. The van der Waals surface area contributed by atoms with Gasteiger partial charge in [-0.2, -0.15) is 19.2 Å². The van der Waals surface area contributed by atoms with Crippen LogP contribution in [0.1, 0.15) is 151 Å². The Morgan fingerprint density at radius 1 is 0.467 bits per heavy atom. The Bertz CT molecular complexity index is 6340. The molecule has 4 aromatic carbocycles. The summed E-state index contributed by atoms with van der Waals surface area (Å²) in [6, 6.07) is 37.1. The van der Waals surface area contributed by atoms with Gasteiger partial charge in [-0.25, -0.2) is 54.6 Å². The monoisotopic (exact) mass is 1970 g/mol. The molecule has 3 aliphatic carbocycles. The van der Waals surface area contributed by atoms with Crippen LogP contribution < -0.4 is 16.0 Å². The maximum absolute atomic E-state index is 14.1. The van der Waals surface area contributed by atoms with Gasteiger partial charge in [-0.3, -0.25) is 4.79 Å². The van der Waals surface area contributed by atoms with E-state index in [1.165, 1.54) is 21.8 Å². The van der Waals surface area contributed by atoms with Crippen LogP contribution >= 0.6 is 81.2 Å². The Morgan fingerprint density at radius 2 is 0.889 bits per heavy atom. The van der Waals surface area contributed by atoms with E-state index in [4.69, 9.17) is 125 Å². The number of carbonyl (C=O) groups excluding carboxylic acids is 2. The van der Waals surface area contributed by atoms with Gasteiger partial charge in [-0.1, -0.05) is 117 Å². The molecule has 0 radical (unpaired) electrons. The summed E-state index contributed by atoms with van der Waals surface area (Å²) >= 11 is 44.2. The van der Waals surface area contributed by atoms with Crippen LogP contribution in [0.25, 0.3) is 67.9 Å². The number of rotatable bonds is 31. The number of pyridine rings is 1. The summed E-state index contributed by atoms with van der Waals surface area (Å²) in [5.74, 6) is 4.82. The van der Waals surface area contributed by atoms with Crippen molar-refractivity contribution in [2.24, 2.45) is 0 Å². The molecule has 0 atom stereocenters. The summed E-state index contributed by atoms with van der Waals surface area (Å²) in [5.41, 5.74) is 13.7. The van der Waals surface area contributed by atoms with Crippen LogP contribution in [0.4, 0.5) is 27.0 Å². The van der Waals surface area contributed by atoms with E-state index in [1.807, 2.05) is 86.8 Å². The Labute approximate surface area is 818 Å².